The molecule has 0 saturated carbocycles. The van der Waals surface area contributed by atoms with Crippen LogP contribution in [0.3, 0.4) is 0 Å². The molecule has 0 aliphatic rings. The van der Waals surface area contributed by atoms with E-state index in [0.29, 0.717) is 24.4 Å². The fourth-order valence-electron chi connectivity index (χ4n) is 4.69. The fraction of sp³-hybridized carbons (Fsp3) is 0.964. The lowest BCUT2D eigenvalue weighted by Gasteiger charge is -2.40. The summed E-state index contributed by atoms with van der Waals surface area (Å²) >= 11 is 0. The van der Waals surface area contributed by atoms with Crippen LogP contribution in [-0.2, 0) is 4.74 Å². The highest BCUT2D eigenvalue weighted by Crippen LogP contribution is 2.26. The van der Waals surface area contributed by atoms with Gasteiger partial charge in [0.05, 0.1) is 6.61 Å². The molecule has 3 heteroatoms. The fourth-order valence-corrected chi connectivity index (χ4v) is 4.69. The maximum atomic E-state index is 13.1. The maximum absolute atomic E-state index is 13.1. The summed E-state index contributed by atoms with van der Waals surface area (Å²) in [6.45, 7) is 19.1. The number of carbonyl (C=O) groups is 1. The third-order valence-corrected chi connectivity index (χ3v) is 6.28. The highest BCUT2D eigenvalue weighted by atomic mass is 16.6. The number of hydrogen-bond acceptors (Lipinski definition) is 2. The highest BCUT2D eigenvalue weighted by molar-refractivity contribution is 5.68. The number of ether oxygens (including phenoxy) is 1. The first-order chi connectivity index (χ1) is 14.6. The average molecular weight is 440 g/mol. The van der Waals surface area contributed by atoms with Crippen LogP contribution in [0.2, 0.25) is 0 Å². The molecule has 0 aromatic carbocycles. The monoisotopic (exact) mass is 439 g/mol. The molecule has 0 N–H and O–H groups in total. The van der Waals surface area contributed by atoms with Crippen LogP contribution in [0.5, 0.6) is 0 Å². The first kappa shape index (κ1) is 30.3. The largest absolute Gasteiger partial charge is 0.449 e. The van der Waals surface area contributed by atoms with Crippen molar-refractivity contribution in [1.29, 1.82) is 0 Å². The molecule has 0 saturated heterocycles. The SMILES string of the molecule is CCCCCCCC(CCCCCCC)COC(=O)N(CC(C)C)C(C)(C)CC(C)C. The second kappa shape index (κ2) is 17.8. The van der Waals surface area contributed by atoms with Gasteiger partial charge < -0.3 is 9.64 Å². The molecule has 0 aromatic rings. The minimum absolute atomic E-state index is 0.110. The lowest BCUT2D eigenvalue weighted by Crippen LogP contribution is -2.50. The predicted octanol–water partition coefficient (Wildman–Crippen LogP) is 9.24. The van der Waals surface area contributed by atoms with Gasteiger partial charge in [0.2, 0.25) is 0 Å². The van der Waals surface area contributed by atoms with E-state index in [-0.39, 0.29) is 11.6 Å². The summed E-state index contributed by atoms with van der Waals surface area (Å²) in [5.41, 5.74) is -0.175. The molecule has 3 nitrogen and oxygen atoms in total. The van der Waals surface area contributed by atoms with Gasteiger partial charge in [-0.05, 0) is 50.9 Å². The van der Waals surface area contributed by atoms with Gasteiger partial charge in [-0.2, -0.15) is 0 Å². The molecule has 0 aliphatic heterocycles. The van der Waals surface area contributed by atoms with Gasteiger partial charge in [0, 0.05) is 12.1 Å². The Bertz CT molecular complexity index is 417. The van der Waals surface area contributed by atoms with Gasteiger partial charge >= 0.3 is 6.09 Å². The molecular formula is C28H57NO2. The summed E-state index contributed by atoms with van der Waals surface area (Å²) < 4.78 is 5.98. The van der Waals surface area contributed by atoms with E-state index < -0.39 is 0 Å². The van der Waals surface area contributed by atoms with Crippen LogP contribution in [-0.4, -0.2) is 29.7 Å². The molecule has 31 heavy (non-hydrogen) atoms. The lowest BCUT2D eigenvalue weighted by molar-refractivity contribution is 0.0371. The van der Waals surface area contributed by atoms with E-state index in [4.69, 9.17) is 4.74 Å². The molecule has 1 amide bonds. The van der Waals surface area contributed by atoms with Gasteiger partial charge in [-0.25, -0.2) is 4.79 Å². The van der Waals surface area contributed by atoms with E-state index in [1.807, 2.05) is 4.90 Å². The Morgan fingerprint density at radius 2 is 1.26 bits per heavy atom. The third-order valence-electron chi connectivity index (χ3n) is 6.28. The van der Waals surface area contributed by atoms with Crippen LogP contribution in [0.1, 0.15) is 139 Å². The Morgan fingerprint density at radius 3 is 1.68 bits per heavy atom. The number of carbonyl (C=O) groups excluding carboxylic acids is 1. The Balaban J connectivity index is 4.84. The molecule has 0 rings (SSSR count). The molecular weight excluding hydrogens is 382 g/mol. The molecule has 0 heterocycles. The Morgan fingerprint density at radius 1 is 0.774 bits per heavy atom. The van der Waals surface area contributed by atoms with Crippen molar-refractivity contribution in [3.05, 3.63) is 0 Å². The second-order valence-electron chi connectivity index (χ2n) is 11.3. The standard InChI is InChI=1S/C28H57NO2/c1-9-11-13-15-17-19-26(20-18-16-14-12-10-2)23-31-27(30)29(22-25(5)6)28(7,8)21-24(3)4/h24-26H,9-23H2,1-8H3. The summed E-state index contributed by atoms with van der Waals surface area (Å²) in [4.78, 5) is 15.1. The van der Waals surface area contributed by atoms with E-state index in [1.165, 1.54) is 77.0 Å². The number of amides is 1. The van der Waals surface area contributed by atoms with E-state index in [9.17, 15) is 4.79 Å². The van der Waals surface area contributed by atoms with Crippen molar-refractivity contribution < 1.29 is 9.53 Å². The zero-order chi connectivity index (χ0) is 23.7. The first-order valence-electron chi connectivity index (χ1n) is 13.6. The molecule has 0 atom stereocenters. The smallest absolute Gasteiger partial charge is 0.410 e. The molecule has 0 unspecified atom stereocenters. The van der Waals surface area contributed by atoms with Gasteiger partial charge in [-0.3, -0.25) is 0 Å². The number of nitrogens with zero attached hydrogens (tertiary/aromatic N) is 1. The summed E-state index contributed by atoms with van der Waals surface area (Å²) in [5, 5.41) is 0. The van der Waals surface area contributed by atoms with Crippen LogP contribution >= 0.6 is 0 Å². The minimum atomic E-state index is -0.175. The van der Waals surface area contributed by atoms with Crippen molar-refractivity contribution in [3.8, 4) is 0 Å². The highest BCUT2D eigenvalue weighted by Gasteiger charge is 2.33. The maximum Gasteiger partial charge on any atom is 0.410 e. The second-order valence-corrected chi connectivity index (χ2v) is 11.3. The molecule has 0 aliphatic carbocycles. The Kier molecular flexibility index (Phi) is 17.4. The van der Waals surface area contributed by atoms with Crippen molar-refractivity contribution in [2.24, 2.45) is 17.8 Å². The Hall–Kier alpha value is -0.730. The van der Waals surface area contributed by atoms with E-state index in [1.54, 1.807) is 0 Å². The quantitative estimate of drug-likeness (QED) is 0.188. The molecule has 0 radical (unpaired) electrons. The van der Waals surface area contributed by atoms with Crippen LogP contribution in [0.15, 0.2) is 0 Å². The van der Waals surface area contributed by atoms with Crippen LogP contribution < -0.4 is 0 Å². The number of unbranched alkanes of at least 4 members (excludes halogenated alkanes) is 8. The number of rotatable bonds is 19. The van der Waals surface area contributed by atoms with Gasteiger partial charge in [-0.1, -0.05) is 106 Å². The van der Waals surface area contributed by atoms with Crippen LogP contribution in [0, 0.1) is 17.8 Å². The van der Waals surface area contributed by atoms with Gasteiger partial charge in [0.1, 0.15) is 0 Å². The summed E-state index contributed by atoms with van der Waals surface area (Å²) in [5.74, 6) is 1.50. The van der Waals surface area contributed by atoms with Crippen molar-refractivity contribution in [1.82, 2.24) is 4.90 Å². The van der Waals surface area contributed by atoms with Crippen molar-refractivity contribution >= 4 is 6.09 Å². The zero-order valence-electron chi connectivity index (χ0n) is 22.6. The molecule has 0 spiro atoms. The van der Waals surface area contributed by atoms with Gasteiger partial charge in [0.15, 0.2) is 0 Å². The molecule has 0 fully saturated rings. The third kappa shape index (κ3) is 15.7. The van der Waals surface area contributed by atoms with Gasteiger partial charge in [-0.15, -0.1) is 0 Å². The van der Waals surface area contributed by atoms with Crippen LogP contribution in [0.4, 0.5) is 4.79 Å². The normalized spacial score (nSPS) is 12.2. The zero-order valence-corrected chi connectivity index (χ0v) is 22.6. The van der Waals surface area contributed by atoms with E-state index in [2.05, 4.69) is 55.4 Å². The van der Waals surface area contributed by atoms with Gasteiger partial charge in [0.25, 0.3) is 0 Å². The predicted molar refractivity (Wildman–Crippen MR) is 137 cm³/mol. The average Bonchev–Trinajstić information content (AvgIpc) is 2.67. The first-order valence-corrected chi connectivity index (χ1v) is 13.6. The summed E-state index contributed by atoms with van der Waals surface area (Å²) in [6.07, 6.45) is 16.4. The summed E-state index contributed by atoms with van der Waals surface area (Å²) in [6, 6.07) is 0. The Labute approximate surface area is 196 Å². The van der Waals surface area contributed by atoms with Crippen molar-refractivity contribution in [3.63, 3.8) is 0 Å². The van der Waals surface area contributed by atoms with Crippen molar-refractivity contribution in [2.45, 2.75) is 144 Å². The topological polar surface area (TPSA) is 29.5 Å². The van der Waals surface area contributed by atoms with E-state index in [0.717, 1.165) is 13.0 Å². The molecule has 186 valence electrons. The summed E-state index contributed by atoms with van der Waals surface area (Å²) in [7, 11) is 0. The molecule has 0 aromatic heterocycles. The number of hydrogen-bond donors (Lipinski definition) is 0. The minimum Gasteiger partial charge on any atom is -0.449 e. The molecule has 0 bridgehead atoms. The lowest BCUT2D eigenvalue weighted by atomic mass is 9.90. The van der Waals surface area contributed by atoms with Crippen molar-refractivity contribution in [2.75, 3.05) is 13.2 Å². The van der Waals surface area contributed by atoms with E-state index >= 15 is 0 Å². The van der Waals surface area contributed by atoms with Crippen LogP contribution in [0.25, 0.3) is 0 Å².